The quantitative estimate of drug-likeness (QED) is 0.376. The Labute approximate surface area is 136 Å². The van der Waals surface area contributed by atoms with Crippen molar-refractivity contribution >= 4 is 15.7 Å². The van der Waals surface area contributed by atoms with E-state index in [0.717, 1.165) is 18.4 Å². The van der Waals surface area contributed by atoms with Gasteiger partial charge in [0.2, 0.25) is 0 Å². The van der Waals surface area contributed by atoms with Crippen LogP contribution in [0.15, 0.2) is 11.6 Å². The van der Waals surface area contributed by atoms with Crippen LogP contribution in [-0.4, -0.2) is 37.3 Å². The van der Waals surface area contributed by atoms with Gasteiger partial charge in [0.05, 0.1) is 27.4 Å². The highest BCUT2D eigenvalue weighted by molar-refractivity contribution is 7.59. The van der Waals surface area contributed by atoms with Crippen LogP contribution in [0.1, 0.15) is 40.5 Å². The first-order chi connectivity index (χ1) is 10.1. The van der Waals surface area contributed by atoms with E-state index in [4.69, 9.17) is 9.05 Å². The topological polar surface area (TPSA) is 55.8 Å². The van der Waals surface area contributed by atoms with Crippen molar-refractivity contribution in [3.05, 3.63) is 11.6 Å². The summed E-state index contributed by atoms with van der Waals surface area (Å²) in [6.07, 6.45) is 3.30. The van der Waals surface area contributed by atoms with Crippen molar-refractivity contribution in [3.8, 4) is 0 Å². The van der Waals surface area contributed by atoms with Gasteiger partial charge in [0.1, 0.15) is 4.78 Å². The van der Waals surface area contributed by atoms with Gasteiger partial charge in [-0.15, -0.1) is 0 Å². The highest BCUT2D eigenvalue weighted by Crippen LogP contribution is 2.67. The normalized spacial score (nSPS) is 20.4. The van der Waals surface area contributed by atoms with Crippen molar-refractivity contribution in [2.45, 2.75) is 71.1 Å². The average molecular weight is 348 g/mol. The van der Waals surface area contributed by atoms with Crippen LogP contribution >= 0.6 is 7.60 Å². The lowest BCUT2D eigenvalue weighted by atomic mass is 10.1. The molecule has 0 spiro atoms. The van der Waals surface area contributed by atoms with Gasteiger partial charge in [-0.05, 0) is 46.5 Å². The first kappa shape index (κ1) is 20.1. The van der Waals surface area contributed by atoms with Crippen LogP contribution in [0.3, 0.4) is 0 Å². The van der Waals surface area contributed by atoms with E-state index in [0.29, 0.717) is 13.2 Å². The molecule has 1 saturated carbocycles. The zero-order chi connectivity index (χ0) is 17.2. The first-order valence-electron chi connectivity index (χ1n) is 8.29. The zero-order valence-electron chi connectivity index (χ0n) is 15.2. The Bertz CT molecular complexity index is 440. The molecule has 0 aromatic heterocycles. The van der Waals surface area contributed by atoms with Crippen molar-refractivity contribution in [2.24, 2.45) is 5.92 Å². The average Bonchev–Trinajstić information content (AvgIpc) is 3.17. The minimum absolute atomic E-state index is 0.205. The highest BCUT2D eigenvalue weighted by atomic mass is 31.2. The Kier molecular flexibility index (Phi) is 6.68. The molecule has 0 radical (unpaired) electrons. The van der Waals surface area contributed by atoms with Gasteiger partial charge in [0, 0.05) is 0 Å². The van der Waals surface area contributed by atoms with Crippen molar-refractivity contribution in [2.75, 3.05) is 13.2 Å². The van der Waals surface area contributed by atoms with Crippen molar-refractivity contribution < 1.29 is 18.7 Å². The number of hydrogen-bond acceptors (Lipinski definition) is 4. The molecule has 6 heteroatoms. The molecule has 130 valence electrons. The van der Waals surface area contributed by atoms with E-state index in [2.05, 4.69) is 19.6 Å². The molecule has 1 N–H and O–H groups in total. The summed E-state index contributed by atoms with van der Waals surface area (Å²) in [6, 6.07) is 0. The number of allylic oxidation sites excluding steroid dienone is 1. The van der Waals surface area contributed by atoms with Crippen LogP contribution in [0, 0.1) is 5.92 Å². The Morgan fingerprint density at radius 2 is 1.73 bits per heavy atom. The number of hydrogen-bond donors (Lipinski definition) is 1. The van der Waals surface area contributed by atoms with E-state index < -0.39 is 26.6 Å². The van der Waals surface area contributed by atoms with Gasteiger partial charge >= 0.3 is 7.60 Å². The monoisotopic (exact) mass is 348 g/mol. The minimum atomic E-state index is -3.47. The third-order valence-corrected chi connectivity index (χ3v) is 12.5. The molecule has 0 aromatic rings. The van der Waals surface area contributed by atoms with Crippen LogP contribution in [0.25, 0.3) is 0 Å². The third-order valence-electron chi connectivity index (χ3n) is 4.28. The lowest BCUT2D eigenvalue weighted by Crippen LogP contribution is -2.59. The molecule has 0 bridgehead atoms. The molecule has 0 aliphatic heterocycles. The molecule has 1 aliphatic rings. The van der Waals surface area contributed by atoms with Gasteiger partial charge in [-0.1, -0.05) is 31.3 Å². The van der Waals surface area contributed by atoms with E-state index in [1.807, 2.05) is 33.8 Å². The lowest BCUT2D eigenvalue weighted by molar-refractivity contribution is 0.117. The third kappa shape index (κ3) is 3.76. The van der Waals surface area contributed by atoms with E-state index >= 15 is 0 Å². The standard InChI is InChI=1S/C16H33O4PSi/c1-8-19-21(18,20-9-2)16(12-13(3)4,22(5,6)7)15(17)14-10-11-14/h12,14-15,17H,8-11H2,1-7H3. The Morgan fingerprint density at radius 1 is 1.27 bits per heavy atom. The molecule has 2 atom stereocenters. The predicted molar refractivity (Wildman–Crippen MR) is 95.1 cm³/mol. The fourth-order valence-corrected chi connectivity index (χ4v) is 10.9. The Hall–Kier alpha value is 0.0669. The molecule has 0 saturated heterocycles. The summed E-state index contributed by atoms with van der Waals surface area (Å²) < 4.78 is 24.3. The minimum Gasteiger partial charge on any atom is -0.392 e. The van der Waals surface area contributed by atoms with Gasteiger partial charge in [-0.3, -0.25) is 4.57 Å². The molecule has 4 nitrogen and oxygen atoms in total. The predicted octanol–water partition coefficient (Wildman–Crippen LogP) is 4.61. The summed E-state index contributed by atoms with van der Waals surface area (Å²) in [5, 5.41) is 11.1. The summed E-state index contributed by atoms with van der Waals surface area (Å²) in [5.41, 5.74) is 1.04. The Balaban J connectivity index is 3.59. The summed E-state index contributed by atoms with van der Waals surface area (Å²) in [5.74, 6) is 0.205. The zero-order valence-corrected chi connectivity index (χ0v) is 17.1. The second kappa shape index (κ2) is 7.31. The molecule has 2 unspecified atom stereocenters. The summed E-state index contributed by atoms with van der Waals surface area (Å²) in [7, 11) is -5.61. The SMILES string of the molecule is CCOP(=O)(OCC)C(C=C(C)C)(C(O)C1CC1)[Si](C)(C)C. The summed E-state index contributed by atoms with van der Waals surface area (Å²) in [4.78, 5) is 0. The van der Waals surface area contributed by atoms with E-state index in [1.54, 1.807) is 0 Å². The molecule has 1 fully saturated rings. The smallest absolute Gasteiger partial charge is 0.340 e. The fourth-order valence-electron chi connectivity index (χ4n) is 3.20. The van der Waals surface area contributed by atoms with E-state index in [-0.39, 0.29) is 5.92 Å². The molecular formula is C16H33O4PSi. The van der Waals surface area contributed by atoms with Gasteiger partial charge in [-0.2, -0.15) is 0 Å². The lowest BCUT2D eigenvalue weighted by Gasteiger charge is -2.48. The highest BCUT2D eigenvalue weighted by Gasteiger charge is 2.64. The number of aliphatic hydroxyl groups is 1. The maximum Gasteiger partial charge on any atom is 0.340 e. The molecule has 1 aliphatic carbocycles. The molecule has 22 heavy (non-hydrogen) atoms. The Morgan fingerprint density at radius 3 is 2.00 bits per heavy atom. The molecule has 0 heterocycles. The molecule has 0 amide bonds. The van der Waals surface area contributed by atoms with E-state index in [9.17, 15) is 9.67 Å². The fraction of sp³-hybridized carbons (Fsp3) is 0.875. The van der Waals surface area contributed by atoms with Crippen molar-refractivity contribution in [1.82, 2.24) is 0 Å². The van der Waals surface area contributed by atoms with Crippen LogP contribution in [0.2, 0.25) is 19.6 Å². The number of rotatable bonds is 9. The van der Waals surface area contributed by atoms with Crippen LogP contribution in [0.5, 0.6) is 0 Å². The second-order valence-corrected chi connectivity index (χ2v) is 15.4. The molecule has 0 aromatic carbocycles. The van der Waals surface area contributed by atoms with Gasteiger partial charge in [-0.25, -0.2) is 0 Å². The second-order valence-electron chi connectivity index (χ2n) is 7.41. The first-order valence-corrected chi connectivity index (χ1v) is 13.3. The van der Waals surface area contributed by atoms with Crippen LogP contribution in [0.4, 0.5) is 0 Å². The van der Waals surface area contributed by atoms with Crippen molar-refractivity contribution in [3.63, 3.8) is 0 Å². The van der Waals surface area contributed by atoms with Gasteiger partial charge in [0.15, 0.2) is 0 Å². The molecule has 1 rings (SSSR count). The summed E-state index contributed by atoms with van der Waals surface area (Å²) in [6.45, 7) is 14.7. The van der Waals surface area contributed by atoms with Gasteiger partial charge in [0.25, 0.3) is 0 Å². The van der Waals surface area contributed by atoms with Gasteiger partial charge < -0.3 is 14.2 Å². The van der Waals surface area contributed by atoms with Crippen LogP contribution < -0.4 is 0 Å². The molecular weight excluding hydrogens is 315 g/mol. The summed E-state index contributed by atoms with van der Waals surface area (Å²) >= 11 is 0. The van der Waals surface area contributed by atoms with Crippen LogP contribution in [-0.2, 0) is 13.6 Å². The van der Waals surface area contributed by atoms with E-state index in [1.165, 1.54) is 0 Å². The maximum atomic E-state index is 13.8. The number of aliphatic hydroxyl groups excluding tert-OH is 1. The van der Waals surface area contributed by atoms with Crippen molar-refractivity contribution in [1.29, 1.82) is 0 Å². The largest absolute Gasteiger partial charge is 0.392 e. The maximum absolute atomic E-state index is 13.8.